The van der Waals surface area contributed by atoms with E-state index < -0.39 is 0 Å². The van der Waals surface area contributed by atoms with Gasteiger partial charge >= 0.3 is 0 Å². The smallest absolute Gasteiger partial charge is 0.0947 e. The largest absolute Gasteiger partial charge is 0.472 e. The van der Waals surface area contributed by atoms with Crippen LogP contribution in [0.2, 0.25) is 5.02 Å². The number of pyridine rings is 1. The third kappa shape index (κ3) is 2.81. The number of nitrogens with zero attached hydrogens (tertiary/aromatic N) is 1. The SMILES string of the molecule is Clc1cnccc1CNCc1ccoc1. The zero-order valence-corrected chi connectivity index (χ0v) is 8.87. The highest BCUT2D eigenvalue weighted by Crippen LogP contribution is 2.12. The van der Waals surface area contributed by atoms with E-state index in [1.54, 1.807) is 24.9 Å². The number of halogens is 1. The van der Waals surface area contributed by atoms with Gasteiger partial charge in [0.25, 0.3) is 0 Å². The van der Waals surface area contributed by atoms with Crippen LogP contribution in [0.3, 0.4) is 0 Å². The maximum absolute atomic E-state index is 5.96. The highest BCUT2D eigenvalue weighted by atomic mass is 35.5. The van der Waals surface area contributed by atoms with E-state index in [-0.39, 0.29) is 0 Å². The predicted molar refractivity (Wildman–Crippen MR) is 58.5 cm³/mol. The van der Waals surface area contributed by atoms with Crippen molar-refractivity contribution in [1.82, 2.24) is 10.3 Å². The fourth-order valence-electron chi connectivity index (χ4n) is 1.28. The lowest BCUT2D eigenvalue weighted by Gasteiger charge is -2.04. The maximum Gasteiger partial charge on any atom is 0.0947 e. The molecule has 2 rings (SSSR count). The molecule has 3 nitrogen and oxygen atoms in total. The summed E-state index contributed by atoms with van der Waals surface area (Å²) in [6.45, 7) is 1.50. The molecule has 0 bridgehead atoms. The Morgan fingerprint density at radius 1 is 1.33 bits per heavy atom. The van der Waals surface area contributed by atoms with Crippen LogP contribution in [0.4, 0.5) is 0 Å². The van der Waals surface area contributed by atoms with E-state index in [0.717, 1.165) is 24.2 Å². The Hall–Kier alpha value is -1.32. The third-order valence-corrected chi connectivity index (χ3v) is 2.42. The molecule has 1 N–H and O–H groups in total. The van der Waals surface area contributed by atoms with Gasteiger partial charge in [-0.05, 0) is 17.7 Å². The lowest BCUT2D eigenvalue weighted by Crippen LogP contribution is -2.12. The zero-order valence-electron chi connectivity index (χ0n) is 8.11. The van der Waals surface area contributed by atoms with Gasteiger partial charge in [-0.2, -0.15) is 0 Å². The van der Waals surface area contributed by atoms with Gasteiger partial charge in [-0.3, -0.25) is 4.98 Å². The molecule has 0 fully saturated rings. The van der Waals surface area contributed by atoms with Gasteiger partial charge in [0.15, 0.2) is 0 Å². The fourth-order valence-corrected chi connectivity index (χ4v) is 1.47. The normalized spacial score (nSPS) is 10.5. The molecule has 0 radical (unpaired) electrons. The van der Waals surface area contributed by atoms with E-state index >= 15 is 0 Å². The Morgan fingerprint density at radius 2 is 2.27 bits per heavy atom. The van der Waals surface area contributed by atoms with Gasteiger partial charge in [-0.25, -0.2) is 0 Å². The second-order valence-corrected chi connectivity index (χ2v) is 3.61. The maximum atomic E-state index is 5.96. The minimum absolute atomic E-state index is 0.692. The Balaban J connectivity index is 1.86. The molecule has 0 saturated heterocycles. The van der Waals surface area contributed by atoms with Gasteiger partial charge in [-0.1, -0.05) is 11.6 Å². The summed E-state index contributed by atoms with van der Waals surface area (Å²) < 4.78 is 4.96. The van der Waals surface area contributed by atoms with Crippen LogP contribution < -0.4 is 5.32 Å². The summed E-state index contributed by atoms with van der Waals surface area (Å²) in [5.41, 5.74) is 2.18. The molecule has 0 unspecified atom stereocenters. The molecule has 0 aromatic carbocycles. The molecule has 15 heavy (non-hydrogen) atoms. The van der Waals surface area contributed by atoms with Crippen LogP contribution in [0.15, 0.2) is 41.5 Å². The molecule has 0 spiro atoms. The van der Waals surface area contributed by atoms with Crippen molar-refractivity contribution in [2.24, 2.45) is 0 Å². The quantitative estimate of drug-likeness (QED) is 0.864. The minimum atomic E-state index is 0.692. The van der Waals surface area contributed by atoms with Gasteiger partial charge in [0.1, 0.15) is 0 Å². The summed E-state index contributed by atoms with van der Waals surface area (Å²) in [5.74, 6) is 0. The Bertz CT molecular complexity index is 414. The van der Waals surface area contributed by atoms with Crippen molar-refractivity contribution >= 4 is 11.6 Å². The first-order chi connectivity index (χ1) is 7.36. The summed E-state index contributed by atoms with van der Waals surface area (Å²) in [6, 6.07) is 3.84. The molecular formula is C11H11ClN2O. The van der Waals surface area contributed by atoms with E-state index in [1.165, 1.54) is 0 Å². The molecule has 0 aliphatic heterocycles. The summed E-state index contributed by atoms with van der Waals surface area (Å²) in [5, 5.41) is 3.96. The van der Waals surface area contributed by atoms with Crippen LogP contribution >= 0.6 is 11.6 Å². The number of furan rings is 1. The Kier molecular flexibility index (Phi) is 3.37. The third-order valence-electron chi connectivity index (χ3n) is 2.08. The van der Waals surface area contributed by atoms with Gasteiger partial charge in [-0.15, -0.1) is 0 Å². The highest BCUT2D eigenvalue weighted by Gasteiger charge is 1.99. The molecule has 0 saturated carbocycles. The van der Waals surface area contributed by atoms with Crippen LogP contribution in [-0.4, -0.2) is 4.98 Å². The van der Waals surface area contributed by atoms with Crippen LogP contribution in [0.1, 0.15) is 11.1 Å². The number of hydrogen-bond acceptors (Lipinski definition) is 3. The van der Waals surface area contributed by atoms with Crippen LogP contribution in [0, 0.1) is 0 Å². The highest BCUT2D eigenvalue weighted by molar-refractivity contribution is 6.31. The molecule has 2 aromatic heterocycles. The summed E-state index contributed by atoms with van der Waals surface area (Å²) in [7, 11) is 0. The molecule has 2 heterocycles. The number of rotatable bonds is 4. The van der Waals surface area contributed by atoms with Gasteiger partial charge < -0.3 is 9.73 Å². The molecule has 78 valence electrons. The molecule has 2 aromatic rings. The van der Waals surface area contributed by atoms with Crippen molar-refractivity contribution in [3.63, 3.8) is 0 Å². The topological polar surface area (TPSA) is 38.1 Å². The summed E-state index contributed by atoms with van der Waals surface area (Å²) >= 11 is 5.96. The lowest BCUT2D eigenvalue weighted by molar-refractivity contribution is 0.560. The van der Waals surface area contributed by atoms with Crippen molar-refractivity contribution in [2.75, 3.05) is 0 Å². The molecular weight excluding hydrogens is 212 g/mol. The average molecular weight is 223 g/mol. The fraction of sp³-hybridized carbons (Fsp3) is 0.182. The zero-order chi connectivity index (χ0) is 10.5. The first-order valence-corrected chi connectivity index (χ1v) is 5.04. The second-order valence-electron chi connectivity index (χ2n) is 3.20. The molecule has 0 atom stereocenters. The Morgan fingerprint density at radius 3 is 3.00 bits per heavy atom. The molecule has 4 heteroatoms. The minimum Gasteiger partial charge on any atom is -0.472 e. The number of aromatic nitrogens is 1. The van der Waals surface area contributed by atoms with Crippen molar-refractivity contribution < 1.29 is 4.42 Å². The van der Waals surface area contributed by atoms with Gasteiger partial charge in [0.2, 0.25) is 0 Å². The van der Waals surface area contributed by atoms with Crippen molar-refractivity contribution in [2.45, 2.75) is 13.1 Å². The summed E-state index contributed by atoms with van der Waals surface area (Å²) in [4.78, 5) is 3.93. The van der Waals surface area contributed by atoms with E-state index in [4.69, 9.17) is 16.0 Å². The van der Waals surface area contributed by atoms with Crippen LogP contribution in [0.25, 0.3) is 0 Å². The first kappa shape index (κ1) is 10.2. The van der Waals surface area contributed by atoms with Gasteiger partial charge in [0.05, 0.1) is 17.5 Å². The van der Waals surface area contributed by atoms with E-state index in [0.29, 0.717) is 5.02 Å². The Labute approximate surface area is 93.1 Å². The molecule has 0 aliphatic rings. The van der Waals surface area contributed by atoms with Crippen LogP contribution in [-0.2, 0) is 13.1 Å². The van der Waals surface area contributed by atoms with E-state index in [9.17, 15) is 0 Å². The monoisotopic (exact) mass is 222 g/mol. The average Bonchev–Trinajstić information content (AvgIpc) is 2.74. The second kappa shape index (κ2) is 4.96. The van der Waals surface area contributed by atoms with Crippen molar-refractivity contribution in [3.05, 3.63) is 53.2 Å². The van der Waals surface area contributed by atoms with E-state index in [2.05, 4.69) is 10.3 Å². The molecule has 0 amide bonds. The molecule has 0 aliphatic carbocycles. The van der Waals surface area contributed by atoms with Gasteiger partial charge in [0, 0.05) is 31.0 Å². The number of hydrogen-bond donors (Lipinski definition) is 1. The van der Waals surface area contributed by atoms with Crippen LogP contribution in [0.5, 0.6) is 0 Å². The summed E-state index contributed by atoms with van der Waals surface area (Å²) in [6.07, 6.45) is 6.77. The predicted octanol–water partition coefficient (Wildman–Crippen LogP) is 2.62. The van der Waals surface area contributed by atoms with E-state index in [1.807, 2.05) is 12.1 Å². The number of nitrogens with one attached hydrogen (secondary N) is 1. The van der Waals surface area contributed by atoms with Crippen molar-refractivity contribution in [1.29, 1.82) is 0 Å². The van der Waals surface area contributed by atoms with Crippen molar-refractivity contribution in [3.8, 4) is 0 Å². The standard InChI is InChI=1S/C11H11ClN2O/c12-11-7-13-3-1-10(11)6-14-5-9-2-4-15-8-9/h1-4,7-8,14H,5-6H2. The lowest BCUT2D eigenvalue weighted by atomic mass is 10.2. The first-order valence-electron chi connectivity index (χ1n) is 4.66.